The molecule has 0 spiro atoms. The number of carbonyl (C=O) groups is 2. The summed E-state index contributed by atoms with van der Waals surface area (Å²) in [6.45, 7) is 9.74. The molecule has 1 aromatic carbocycles. The number of esters is 1. The molecule has 70 heavy (non-hydrogen) atoms. The first kappa shape index (κ1) is 55.5. The Morgan fingerprint density at radius 3 is 2.46 bits per heavy atom. The number of aliphatic hydroxyl groups excluding tert-OH is 3. The SMILES string of the molecule is CC[C@H]1OC(=O)C[C@H]2OC/C(=N/OCOCc3ccc4n[nH]nc4c3)COCCC(C[C@@H](C)C(=O)/C=C/C(C)=C/[C@@H]1CO[C@@H]1CC[C@@H](O)[C@@H](OC)[C@H]1OC)[C@H](O[C@@H]1O[C@H](C)[C@@H](O)[C@H](N(C)C)[C@H]1O)[C@H]2C. The number of H-pyrrole nitrogens is 1. The average Bonchev–Trinajstić information content (AvgIpc) is 3.80. The number of nitrogens with one attached hydrogen (secondary N) is 1. The summed E-state index contributed by atoms with van der Waals surface area (Å²) in [6.07, 6.45) is -1.27. The molecule has 16 atom stereocenters. The zero-order chi connectivity index (χ0) is 50.5. The van der Waals surface area contributed by atoms with Gasteiger partial charge in [0.25, 0.3) is 0 Å². The van der Waals surface area contributed by atoms with Crippen molar-refractivity contribution >= 4 is 28.5 Å². The molecule has 2 aromatic rings. The number of benzene rings is 1. The van der Waals surface area contributed by atoms with Crippen LogP contribution in [0.2, 0.25) is 0 Å². The number of nitrogens with zero attached hydrogens (tertiary/aromatic N) is 4. The number of likely N-dealkylation sites (N-methyl/N-ethyl adjacent to an activating group) is 1. The maximum absolute atomic E-state index is 14.5. The predicted octanol–water partition coefficient (Wildman–Crippen LogP) is 3.65. The lowest BCUT2D eigenvalue weighted by atomic mass is 9.79. The molecular weight excluding hydrogens is 911 g/mol. The highest BCUT2D eigenvalue weighted by Crippen LogP contribution is 2.36. The summed E-state index contributed by atoms with van der Waals surface area (Å²) in [5, 5.41) is 48.6. The minimum absolute atomic E-state index is 0.0355. The molecule has 1 aromatic heterocycles. The van der Waals surface area contributed by atoms with Crippen LogP contribution in [-0.2, 0) is 63.7 Å². The molecule has 3 fully saturated rings. The summed E-state index contributed by atoms with van der Waals surface area (Å²) < 4.78 is 56.0. The molecule has 0 amide bonds. The highest BCUT2D eigenvalue weighted by molar-refractivity contribution is 5.91. The van der Waals surface area contributed by atoms with Crippen molar-refractivity contribution in [3.05, 3.63) is 47.6 Å². The fraction of sp³-hybridized carbons (Fsp3) is 0.740. The lowest BCUT2D eigenvalue weighted by Gasteiger charge is -2.47. The van der Waals surface area contributed by atoms with Gasteiger partial charge < -0.3 is 67.7 Å². The van der Waals surface area contributed by atoms with E-state index < -0.39 is 97.1 Å². The number of ether oxygens (including phenoxy) is 9. The van der Waals surface area contributed by atoms with Gasteiger partial charge in [-0.15, -0.1) is 0 Å². The van der Waals surface area contributed by atoms with E-state index in [4.69, 9.17) is 47.5 Å². The van der Waals surface area contributed by atoms with Gasteiger partial charge in [0.15, 0.2) is 12.1 Å². The molecule has 3 aliphatic heterocycles. The molecule has 1 unspecified atom stereocenters. The molecule has 20 heteroatoms. The Morgan fingerprint density at radius 1 is 0.943 bits per heavy atom. The Balaban J connectivity index is 1.29. The summed E-state index contributed by atoms with van der Waals surface area (Å²) in [5.41, 5.74) is 3.51. The summed E-state index contributed by atoms with van der Waals surface area (Å²) in [4.78, 5) is 35.9. The van der Waals surface area contributed by atoms with Crippen molar-refractivity contribution in [2.75, 3.05) is 61.5 Å². The number of hydrogen-bond donors (Lipinski definition) is 4. The topological polar surface area (TPSA) is 244 Å². The summed E-state index contributed by atoms with van der Waals surface area (Å²) >= 11 is 0. The van der Waals surface area contributed by atoms with Crippen LogP contribution in [0.15, 0.2) is 47.2 Å². The van der Waals surface area contributed by atoms with Crippen LogP contribution in [0.4, 0.5) is 0 Å². The monoisotopic (exact) mass is 988 g/mol. The largest absolute Gasteiger partial charge is 0.462 e. The molecule has 2 saturated heterocycles. The van der Waals surface area contributed by atoms with E-state index in [0.717, 1.165) is 16.7 Å². The standard InChI is InChI=1S/C50H77N5O15/c1-10-40-34(24-65-41-16-15-39(57)48(61-8)49(41)62-9)19-28(2)11-14-38(56)29(3)20-33-17-18-63-25-35(53-67-27-64-23-32-12-13-36-37(21-32)52-54-51-36)26-66-42(22-43(58)69-40)30(4)47(33)70-50-46(60)44(55(6)7)45(59)31(5)68-50/h11-14,19,21,29-31,33-34,39-42,44-50,57,59-60H,10,15-18,20,22-27H2,1-9H3,(H,51,52,54)/b14-11+,28-19+,53-35+/t29-,30+,31-,33?,34-,39-,40-,41-,42-,44+,45-,46-,47-,48-,49+,50+/m1/s1. The molecular formula is C50H77N5O15. The normalized spacial score (nSPS) is 37.4. The molecule has 20 nitrogen and oxygen atoms in total. The van der Waals surface area contributed by atoms with Crippen LogP contribution >= 0.6 is 0 Å². The zero-order valence-electron chi connectivity index (χ0n) is 42.2. The van der Waals surface area contributed by atoms with Crippen LogP contribution in [0.1, 0.15) is 78.7 Å². The van der Waals surface area contributed by atoms with E-state index in [-0.39, 0.29) is 57.9 Å². The van der Waals surface area contributed by atoms with E-state index in [2.05, 4.69) is 20.6 Å². The molecule has 4 heterocycles. The van der Waals surface area contributed by atoms with Crippen molar-refractivity contribution in [2.24, 2.45) is 28.8 Å². The van der Waals surface area contributed by atoms with Crippen molar-refractivity contribution in [3.63, 3.8) is 0 Å². The van der Waals surface area contributed by atoms with Gasteiger partial charge in [-0.25, -0.2) is 0 Å². The predicted molar refractivity (Wildman–Crippen MR) is 255 cm³/mol. The number of aromatic amines is 1. The molecule has 1 saturated carbocycles. The minimum atomic E-state index is -1.26. The van der Waals surface area contributed by atoms with Crippen molar-refractivity contribution in [2.45, 2.75) is 153 Å². The Morgan fingerprint density at radius 2 is 1.71 bits per heavy atom. The third-order valence-electron chi connectivity index (χ3n) is 14.1. The van der Waals surface area contributed by atoms with Crippen molar-refractivity contribution in [1.29, 1.82) is 0 Å². The summed E-state index contributed by atoms with van der Waals surface area (Å²) in [7, 11) is 6.64. The minimum Gasteiger partial charge on any atom is -0.462 e. The molecule has 0 radical (unpaired) electrons. The van der Waals surface area contributed by atoms with Gasteiger partial charge in [0, 0.05) is 38.6 Å². The van der Waals surface area contributed by atoms with Crippen LogP contribution in [0.5, 0.6) is 0 Å². The maximum Gasteiger partial charge on any atom is 0.308 e. The Kier molecular flexibility index (Phi) is 21.3. The first-order valence-corrected chi connectivity index (χ1v) is 24.6. The van der Waals surface area contributed by atoms with E-state index in [1.807, 2.05) is 52.0 Å². The van der Waals surface area contributed by atoms with Crippen LogP contribution in [-0.4, -0.2) is 188 Å². The van der Waals surface area contributed by atoms with E-state index in [1.165, 1.54) is 7.11 Å². The molecule has 1 aliphatic carbocycles. The average molecular weight is 988 g/mol. The van der Waals surface area contributed by atoms with Crippen molar-refractivity contribution in [1.82, 2.24) is 20.3 Å². The zero-order valence-corrected chi connectivity index (χ0v) is 42.2. The van der Waals surface area contributed by atoms with Gasteiger partial charge in [-0.1, -0.05) is 49.7 Å². The Labute approximate surface area is 411 Å². The smallest absolute Gasteiger partial charge is 0.308 e. The van der Waals surface area contributed by atoms with Gasteiger partial charge in [0.05, 0.1) is 75.5 Å². The molecule has 4 N–H and O–H groups in total. The fourth-order valence-electron chi connectivity index (χ4n) is 10.1. The number of oxime groups is 1. The number of hydrogen-bond acceptors (Lipinski definition) is 19. The molecule has 392 valence electrons. The first-order valence-electron chi connectivity index (χ1n) is 24.6. The van der Waals surface area contributed by atoms with E-state index in [0.29, 0.717) is 43.3 Å². The number of cyclic esters (lactones) is 1. The van der Waals surface area contributed by atoms with Gasteiger partial charge in [-0.2, -0.15) is 15.4 Å². The summed E-state index contributed by atoms with van der Waals surface area (Å²) in [5.74, 6) is -2.48. The number of aliphatic hydroxyl groups is 3. The molecule has 4 aliphatic rings. The summed E-state index contributed by atoms with van der Waals surface area (Å²) in [6, 6.07) is 4.89. The van der Waals surface area contributed by atoms with Crippen LogP contribution in [0, 0.1) is 23.7 Å². The van der Waals surface area contributed by atoms with Crippen LogP contribution < -0.4 is 0 Å². The number of allylic oxidation sites excluding steroid dienone is 3. The number of aromatic nitrogens is 3. The lowest BCUT2D eigenvalue weighted by molar-refractivity contribution is -0.305. The molecule has 2 bridgehead atoms. The van der Waals surface area contributed by atoms with Crippen molar-refractivity contribution in [3.8, 4) is 0 Å². The fourth-order valence-corrected chi connectivity index (χ4v) is 10.1. The number of fused-ring (bicyclic) bond motifs is 4. The number of methoxy groups -OCH3 is 2. The van der Waals surface area contributed by atoms with E-state index in [1.54, 1.807) is 45.2 Å². The third kappa shape index (κ3) is 14.7. The second kappa shape index (κ2) is 26.8. The second-order valence-electron chi connectivity index (χ2n) is 19.5. The van der Waals surface area contributed by atoms with Gasteiger partial charge in [-0.3, -0.25) is 9.59 Å². The van der Waals surface area contributed by atoms with E-state index in [9.17, 15) is 24.9 Å². The highest BCUT2D eigenvalue weighted by Gasteiger charge is 2.48. The quantitative estimate of drug-likeness (QED) is 0.0914. The number of carbonyl (C=O) groups excluding carboxylic acids is 2. The van der Waals surface area contributed by atoms with Crippen LogP contribution in [0.3, 0.4) is 0 Å². The molecule has 6 rings (SSSR count). The van der Waals surface area contributed by atoms with E-state index >= 15 is 0 Å². The van der Waals surface area contributed by atoms with Crippen molar-refractivity contribution < 1.29 is 72.4 Å². The van der Waals surface area contributed by atoms with Gasteiger partial charge >= 0.3 is 5.97 Å². The Hall–Kier alpha value is -3.77. The third-order valence-corrected chi connectivity index (χ3v) is 14.1. The maximum atomic E-state index is 14.5. The number of rotatable bonds is 14. The first-order chi connectivity index (χ1) is 33.6. The highest BCUT2D eigenvalue weighted by atomic mass is 16.7. The second-order valence-corrected chi connectivity index (χ2v) is 19.5. The van der Waals surface area contributed by atoms with Crippen LogP contribution in [0.25, 0.3) is 11.0 Å². The van der Waals surface area contributed by atoms with Gasteiger partial charge in [0.1, 0.15) is 41.2 Å². The number of ketones is 1. The Bertz CT molecular complexity index is 2050. The van der Waals surface area contributed by atoms with Gasteiger partial charge in [-0.05, 0) is 89.7 Å². The lowest BCUT2D eigenvalue weighted by Crippen LogP contribution is -2.63. The van der Waals surface area contributed by atoms with Gasteiger partial charge in [0.2, 0.25) is 6.79 Å².